The van der Waals surface area contributed by atoms with Crippen molar-refractivity contribution in [1.82, 2.24) is 0 Å². The Bertz CT molecular complexity index is 602. The molecule has 1 atom stereocenters. The Kier molecular flexibility index (Phi) is 19.8. The van der Waals surface area contributed by atoms with Gasteiger partial charge in [-0.1, -0.05) is 52.5 Å². The Morgan fingerprint density at radius 3 is 2.22 bits per heavy atom. The molecule has 27 heavy (non-hydrogen) atoms. The van der Waals surface area contributed by atoms with E-state index >= 15 is 0 Å². The first-order valence-electron chi connectivity index (χ1n) is 8.92. The van der Waals surface area contributed by atoms with E-state index < -0.39 is 28.3 Å². The second-order valence-corrected chi connectivity index (χ2v) is 4.23. The molecule has 0 aliphatic heterocycles. The van der Waals surface area contributed by atoms with Gasteiger partial charge in [-0.05, 0) is 38.1 Å². The van der Waals surface area contributed by atoms with Crippen LogP contribution < -0.4 is 5.73 Å². The summed E-state index contributed by atoms with van der Waals surface area (Å²) in [6.07, 6.45) is 3.30. The first-order valence-corrected chi connectivity index (χ1v) is 8.92. The summed E-state index contributed by atoms with van der Waals surface area (Å²) in [6, 6.07) is 3.33. The molecule has 1 aromatic rings. The van der Waals surface area contributed by atoms with E-state index in [-0.39, 0.29) is 12.2 Å². The molecule has 0 aliphatic rings. The Balaban J connectivity index is -0.000000869. The van der Waals surface area contributed by atoms with Crippen molar-refractivity contribution < 1.29 is 18.8 Å². The molecule has 0 radical (unpaired) electrons. The molecule has 1 aromatic carbocycles. The number of esters is 1. The normalized spacial score (nSPS) is 10.1. The van der Waals surface area contributed by atoms with E-state index in [1.807, 2.05) is 27.7 Å². The zero-order valence-corrected chi connectivity index (χ0v) is 17.4. The van der Waals surface area contributed by atoms with Gasteiger partial charge >= 0.3 is 11.7 Å². The van der Waals surface area contributed by atoms with E-state index in [1.165, 1.54) is 13.1 Å². The SMILES string of the molecule is C=C(/C=C\C)C(C(=O)OCC)c1ccc([N+](=O)[O-])c(F)c1.CC.CC.CN. The van der Waals surface area contributed by atoms with E-state index in [4.69, 9.17) is 4.74 Å². The highest BCUT2D eigenvalue weighted by atomic mass is 19.1. The summed E-state index contributed by atoms with van der Waals surface area (Å²) in [6.45, 7) is 15.4. The van der Waals surface area contributed by atoms with Crippen LogP contribution in [0.1, 0.15) is 53.0 Å². The lowest BCUT2D eigenvalue weighted by Gasteiger charge is -2.16. The maximum absolute atomic E-state index is 13.7. The van der Waals surface area contributed by atoms with E-state index in [9.17, 15) is 19.3 Å². The van der Waals surface area contributed by atoms with Gasteiger partial charge in [-0.2, -0.15) is 4.39 Å². The molecule has 1 rings (SSSR count). The molecule has 7 heteroatoms. The third-order valence-corrected chi connectivity index (χ3v) is 2.78. The van der Waals surface area contributed by atoms with Gasteiger partial charge in [-0.3, -0.25) is 14.9 Å². The number of hydrogen-bond donors (Lipinski definition) is 1. The van der Waals surface area contributed by atoms with Crippen LogP contribution in [-0.2, 0) is 9.53 Å². The highest BCUT2D eigenvalue weighted by molar-refractivity contribution is 5.82. The molecule has 0 heterocycles. The highest BCUT2D eigenvalue weighted by Crippen LogP contribution is 2.29. The molecule has 0 spiro atoms. The van der Waals surface area contributed by atoms with Crippen molar-refractivity contribution in [2.75, 3.05) is 13.7 Å². The number of carbonyl (C=O) groups excluding carboxylic acids is 1. The van der Waals surface area contributed by atoms with Crippen molar-refractivity contribution in [1.29, 1.82) is 0 Å². The Hall–Kier alpha value is -2.54. The fraction of sp³-hybridized carbons (Fsp3) is 0.450. The fourth-order valence-electron chi connectivity index (χ4n) is 1.89. The number of carbonyl (C=O) groups is 1. The zero-order valence-electron chi connectivity index (χ0n) is 17.4. The minimum Gasteiger partial charge on any atom is -0.465 e. The number of nitrogens with two attached hydrogens (primary N) is 1. The lowest BCUT2D eigenvalue weighted by Crippen LogP contribution is -2.17. The summed E-state index contributed by atoms with van der Waals surface area (Å²) < 4.78 is 18.7. The van der Waals surface area contributed by atoms with Crippen molar-refractivity contribution in [3.63, 3.8) is 0 Å². The van der Waals surface area contributed by atoms with Crippen LogP contribution in [0.2, 0.25) is 0 Å². The van der Waals surface area contributed by atoms with Crippen molar-refractivity contribution in [2.24, 2.45) is 5.73 Å². The molecule has 2 N–H and O–H groups in total. The Morgan fingerprint density at radius 1 is 1.33 bits per heavy atom. The number of halogens is 1. The predicted molar refractivity (Wildman–Crippen MR) is 109 cm³/mol. The monoisotopic (exact) mass is 384 g/mol. The number of allylic oxidation sites excluding steroid dienone is 2. The van der Waals surface area contributed by atoms with Crippen LogP contribution in [0.4, 0.5) is 10.1 Å². The third-order valence-electron chi connectivity index (χ3n) is 2.78. The smallest absolute Gasteiger partial charge is 0.317 e. The summed E-state index contributed by atoms with van der Waals surface area (Å²) in [5.74, 6) is -2.47. The number of nitro benzene ring substituents is 1. The van der Waals surface area contributed by atoms with Gasteiger partial charge in [0.2, 0.25) is 5.82 Å². The molecule has 0 aromatic heterocycles. The molecule has 0 saturated carbocycles. The highest BCUT2D eigenvalue weighted by Gasteiger charge is 2.26. The van der Waals surface area contributed by atoms with Crippen LogP contribution in [0.15, 0.2) is 42.5 Å². The lowest BCUT2D eigenvalue weighted by atomic mass is 9.91. The molecular weight excluding hydrogens is 351 g/mol. The molecule has 0 amide bonds. The maximum atomic E-state index is 13.7. The van der Waals surface area contributed by atoms with Gasteiger partial charge < -0.3 is 10.5 Å². The Morgan fingerprint density at radius 2 is 1.85 bits per heavy atom. The van der Waals surface area contributed by atoms with E-state index in [0.717, 1.165) is 12.1 Å². The van der Waals surface area contributed by atoms with Gasteiger partial charge in [0, 0.05) is 6.07 Å². The van der Waals surface area contributed by atoms with Crippen molar-refractivity contribution in [3.8, 4) is 0 Å². The fourth-order valence-corrected chi connectivity index (χ4v) is 1.89. The summed E-state index contributed by atoms with van der Waals surface area (Å²) in [7, 11) is 1.50. The van der Waals surface area contributed by atoms with Gasteiger partial charge in [0.15, 0.2) is 0 Å². The van der Waals surface area contributed by atoms with Crippen LogP contribution >= 0.6 is 0 Å². The van der Waals surface area contributed by atoms with Crippen LogP contribution in [0, 0.1) is 15.9 Å². The van der Waals surface area contributed by atoms with Crippen LogP contribution in [-0.4, -0.2) is 24.5 Å². The number of nitrogens with zero attached hydrogens (tertiary/aromatic N) is 1. The minimum absolute atomic E-state index is 0.175. The Labute approximate surface area is 162 Å². The molecule has 0 saturated heterocycles. The van der Waals surface area contributed by atoms with Crippen molar-refractivity contribution in [2.45, 2.75) is 47.5 Å². The lowest BCUT2D eigenvalue weighted by molar-refractivity contribution is -0.387. The van der Waals surface area contributed by atoms with Crippen LogP contribution in [0.5, 0.6) is 0 Å². The summed E-state index contributed by atoms with van der Waals surface area (Å²) in [5.41, 5.74) is 4.54. The minimum atomic E-state index is -1.000. The maximum Gasteiger partial charge on any atom is 0.317 e. The quantitative estimate of drug-likeness (QED) is 0.317. The van der Waals surface area contributed by atoms with Crippen LogP contribution in [0.3, 0.4) is 0 Å². The molecule has 6 nitrogen and oxygen atoms in total. The van der Waals surface area contributed by atoms with Crippen molar-refractivity contribution >= 4 is 11.7 Å². The van der Waals surface area contributed by atoms with E-state index in [1.54, 1.807) is 26.0 Å². The van der Waals surface area contributed by atoms with E-state index in [2.05, 4.69) is 12.3 Å². The van der Waals surface area contributed by atoms with Gasteiger partial charge in [0.1, 0.15) is 5.92 Å². The predicted octanol–water partition coefficient (Wildman–Crippen LogP) is 5.14. The number of ether oxygens (including phenoxy) is 1. The molecule has 0 aliphatic carbocycles. The molecule has 0 bridgehead atoms. The van der Waals surface area contributed by atoms with Gasteiger partial charge in [0.25, 0.3) is 0 Å². The third kappa shape index (κ3) is 10.3. The van der Waals surface area contributed by atoms with Gasteiger partial charge in [0.05, 0.1) is 11.5 Å². The summed E-state index contributed by atoms with van der Waals surface area (Å²) in [5, 5.41) is 10.6. The summed E-state index contributed by atoms with van der Waals surface area (Å²) in [4.78, 5) is 21.8. The van der Waals surface area contributed by atoms with Gasteiger partial charge in [-0.25, -0.2) is 0 Å². The van der Waals surface area contributed by atoms with E-state index in [0.29, 0.717) is 5.57 Å². The first-order chi connectivity index (χ1) is 12.9. The standard InChI is InChI=1S/C15H16FNO4.2C2H6.CH5N/c1-4-6-10(3)14(15(18)21-5-2)11-7-8-13(17(19)20)12(16)9-11;3*1-2/h4,6-9,14H,3,5H2,1-2H3;2*1-2H3;2H2,1H3/b6-4-;;;. The van der Waals surface area contributed by atoms with Gasteiger partial charge in [-0.15, -0.1) is 0 Å². The number of nitro groups is 1. The number of benzene rings is 1. The zero-order chi connectivity index (χ0) is 22.0. The number of hydrogen-bond acceptors (Lipinski definition) is 5. The topological polar surface area (TPSA) is 95.5 Å². The molecular formula is C20H33FN2O4. The second-order valence-electron chi connectivity index (χ2n) is 4.23. The number of rotatable bonds is 6. The first kappa shape index (κ1) is 29.2. The average molecular weight is 384 g/mol. The second kappa shape index (κ2) is 18.3. The molecule has 1 unspecified atom stereocenters. The summed E-state index contributed by atoms with van der Waals surface area (Å²) >= 11 is 0. The largest absolute Gasteiger partial charge is 0.465 e. The average Bonchev–Trinajstić information content (AvgIpc) is 2.67. The van der Waals surface area contributed by atoms with Crippen molar-refractivity contribution in [3.05, 3.63) is 64.0 Å². The molecule has 154 valence electrons. The van der Waals surface area contributed by atoms with Crippen LogP contribution in [0.25, 0.3) is 0 Å². The molecule has 0 fully saturated rings.